The van der Waals surface area contributed by atoms with Crippen LogP contribution in [0.5, 0.6) is 0 Å². The molecule has 0 aliphatic carbocycles. The molecule has 4 aromatic rings. The van der Waals surface area contributed by atoms with Crippen molar-refractivity contribution in [1.82, 2.24) is 19.5 Å². The van der Waals surface area contributed by atoms with Crippen molar-refractivity contribution >= 4 is 45.3 Å². The first-order chi connectivity index (χ1) is 11.7. The Kier molecular flexibility index (Phi) is 3.70. The molecule has 24 heavy (non-hydrogen) atoms. The van der Waals surface area contributed by atoms with E-state index in [2.05, 4.69) is 15.0 Å². The minimum atomic E-state index is -0.239. The summed E-state index contributed by atoms with van der Waals surface area (Å²) in [4.78, 5) is 26.2. The van der Waals surface area contributed by atoms with Crippen molar-refractivity contribution < 1.29 is 0 Å². The van der Waals surface area contributed by atoms with Gasteiger partial charge in [-0.2, -0.15) is 0 Å². The quantitative estimate of drug-likeness (QED) is 0.312. The number of rotatable bonds is 2. The van der Waals surface area contributed by atoms with Crippen LogP contribution in [-0.2, 0) is 0 Å². The van der Waals surface area contributed by atoms with Crippen molar-refractivity contribution in [3.8, 4) is 5.69 Å². The molecule has 3 heterocycles. The number of thioether (sulfide) groups is 1. The van der Waals surface area contributed by atoms with Crippen molar-refractivity contribution in [1.29, 1.82) is 0 Å². The Labute approximate surface area is 146 Å². The Balaban J connectivity index is 2.24. The van der Waals surface area contributed by atoms with E-state index in [1.165, 1.54) is 16.3 Å². The fraction of sp³-hybridized carbons (Fsp3) is 0.0588. The normalized spacial score (nSPS) is 11.2. The first-order valence-electron chi connectivity index (χ1n) is 7.16. The van der Waals surface area contributed by atoms with Crippen LogP contribution in [0.4, 0.5) is 0 Å². The largest absolute Gasteiger partial charge is 0.268 e. The molecule has 5 nitrogen and oxygen atoms in total. The van der Waals surface area contributed by atoms with Gasteiger partial charge in [-0.1, -0.05) is 35.5 Å². The van der Waals surface area contributed by atoms with Crippen LogP contribution in [-0.4, -0.2) is 25.8 Å². The van der Waals surface area contributed by atoms with Gasteiger partial charge in [0.25, 0.3) is 5.56 Å². The van der Waals surface area contributed by atoms with Crippen molar-refractivity contribution in [2.75, 3.05) is 6.26 Å². The number of benzene rings is 1. The van der Waals surface area contributed by atoms with Gasteiger partial charge in [-0.15, -0.1) is 0 Å². The van der Waals surface area contributed by atoms with Gasteiger partial charge in [0.1, 0.15) is 5.65 Å². The first kappa shape index (κ1) is 15.1. The maximum atomic E-state index is 13.1. The van der Waals surface area contributed by atoms with Crippen LogP contribution in [0.2, 0.25) is 5.02 Å². The van der Waals surface area contributed by atoms with Gasteiger partial charge in [0, 0.05) is 17.8 Å². The summed E-state index contributed by atoms with van der Waals surface area (Å²) >= 11 is 7.74. The summed E-state index contributed by atoms with van der Waals surface area (Å²) < 4.78 is 1.52. The molecular weight excluding hydrogens is 344 g/mol. The van der Waals surface area contributed by atoms with E-state index in [1.807, 2.05) is 30.5 Å². The fourth-order valence-electron chi connectivity index (χ4n) is 2.66. The van der Waals surface area contributed by atoms with Crippen LogP contribution in [0, 0.1) is 0 Å². The average Bonchev–Trinajstić information content (AvgIpc) is 2.63. The number of halogens is 1. The standard InChI is InChI=1S/C17H11ClN4OS/c1-24-17-20-9-11-14(21-17)10-5-4-8-19-15(10)22(16(11)23)13-7-3-2-6-12(13)18/h2-9H,1H3. The Morgan fingerprint density at radius 2 is 1.92 bits per heavy atom. The van der Waals surface area contributed by atoms with E-state index >= 15 is 0 Å². The number of aromatic nitrogens is 4. The Bertz CT molecular complexity index is 1140. The van der Waals surface area contributed by atoms with Crippen molar-refractivity contribution in [2.45, 2.75) is 5.16 Å². The zero-order valence-corrected chi connectivity index (χ0v) is 14.2. The molecule has 1 aromatic carbocycles. The van der Waals surface area contributed by atoms with Gasteiger partial charge in [0.2, 0.25) is 0 Å². The van der Waals surface area contributed by atoms with E-state index in [4.69, 9.17) is 11.6 Å². The predicted molar refractivity (Wildman–Crippen MR) is 97.2 cm³/mol. The number of nitrogens with zero attached hydrogens (tertiary/aromatic N) is 4. The average molecular weight is 355 g/mol. The topological polar surface area (TPSA) is 60.7 Å². The third-order valence-corrected chi connectivity index (χ3v) is 4.61. The molecule has 3 aromatic heterocycles. The monoisotopic (exact) mass is 354 g/mol. The van der Waals surface area contributed by atoms with Crippen LogP contribution in [0.1, 0.15) is 0 Å². The van der Waals surface area contributed by atoms with E-state index < -0.39 is 0 Å². The highest BCUT2D eigenvalue weighted by Gasteiger charge is 2.16. The van der Waals surface area contributed by atoms with Crippen molar-refractivity contribution in [3.63, 3.8) is 0 Å². The summed E-state index contributed by atoms with van der Waals surface area (Å²) in [5.41, 5.74) is 1.47. The van der Waals surface area contributed by atoms with Crippen LogP contribution < -0.4 is 5.56 Å². The molecule has 0 aliphatic rings. The van der Waals surface area contributed by atoms with Gasteiger partial charge in [0.15, 0.2) is 5.16 Å². The summed E-state index contributed by atoms with van der Waals surface area (Å²) in [6.07, 6.45) is 5.11. The van der Waals surface area contributed by atoms with Crippen molar-refractivity contribution in [2.24, 2.45) is 0 Å². The second-order valence-corrected chi connectivity index (χ2v) is 6.27. The summed E-state index contributed by atoms with van der Waals surface area (Å²) in [5.74, 6) is 0. The third kappa shape index (κ3) is 2.26. The zero-order chi connectivity index (χ0) is 16.7. The molecule has 0 saturated heterocycles. The van der Waals surface area contributed by atoms with Gasteiger partial charge in [-0.3, -0.25) is 9.36 Å². The zero-order valence-electron chi connectivity index (χ0n) is 12.6. The highest BCUT2D eigenvalue weighted by atomic mass is 35.5. The number of para-hydroxylation sites is 1. The first-order valence-corrected chi connectivity index (χ1v) is 8.76. The van der Waals surface area contributed by atoms with E-state index in [1.54, 1.807) is 24.5 Å². The molecule has 0 saturated carbocycles. The number of fused-ring (bicyclic) bond motifs is 3. The van der Waals surface area contributed by atoms with Crippen LogP contribution in [0.15, 0.2) is 58.7 Å². The summed E-state index contributed by atoms with van der Waals surface area (Å²) in [7, 11) is 0. The molecule has 0 fully saturated rings. The van der Waals surface area contributed by atoms with Gasteiger partial charge >= 0.3 is 0 Å². The van der Waals surface area contributed by atoms with E-state index in [-0.39, 0.29) is 5.56 Å². The lowest BCUT2D eigenvalue weighted by Gasteiger charge is -2.13. The molecule has 0 aliphatic heterocycles. The molecule has 0 atom stereocenters. The molecule has 0 amide bonds. The molecule has 0 spiro atoms. The van der Waals surface area contributed by atoms with Gasteiger partial charge in [-0.05, 0) is 30.5 Å². The maximum Gasteiger partial charge on any atom is 0.267 e. The second kappa shape index (κ2) is 5.89. The Hall–Kier alpha value is -2.44. The fourth-order valence-corrected chi connectivity index (χ4v) is 3.22. The van der Waals surface area contributed by atoms with E-state index in [0.717, 1.165) is 5.39 Å². The highest BCUT2D eigenvalue weighted by molar-refractivity contribution is 7.98. The molecule has 0 bridgehead atoms. The Morgan fingerprint density at radius 1 is 1.08 bits per heavy atom. The molecular formula is C17H11ClN4OS. The minimum absolute atomic E-state index is 0.239. The molecule has 0 N–H and O–H groups in total. The molecule has 0 unspecified atom stereocenters. The molecule has 118 valence electrons. The third-order valence-electron chi connectivity index (χ3n) is 3.73. The summed E-state index contributed by atoms with van der Waals surface area (Å²) in [6.45, 7) is 0. The smallest absolute Gasteiger partial charge is 0.267 e. The van der Waals surface area contributed by atoms with Crippen molar-refractivity contribution in [3.05, 3.63) is 64.2 Å². The number of hydrogen-bond acceptors (Lipinski definition) is 5. The second-order valence-electron chi connectivity index (χ2n) is 5.09. The van der Waals surface area contributed by atoms with Crippen LogP contribution in [0.25, 0.3) is 27.6 Å². The van der Waals surface area contributed by atoms with Crippen LogP contribution in [0.3, 0.4) is 0 Å². The Morgan fingerprint density at radius 3 is 2.71 bits per heavy atom. The number of pyridine rings is 2. The van der Waals surface area contributed by atoms with E-state index in [9.17, 15) is 4.79 Å². The van der Waals surface area contributed by atoms with Gasteiger partial charge < -0.3 is 0 Å². The lowest BCUT2D eigenvalue weighted by atomic mass is 10.2. The molecule has 0 radical (unpaired) electrons. The maximum absolute atomic E-state index is 13.1. The highest BCUT2D eigenvalue weighted by Crippen LogP contribution is 2.26. The minimum Gasteiger partial charge on any atom is -0.268 e. The SMILES string of the molecule is CSc1ncc2c(=O)n(-c3ccccc3Cl)c3ncccc3c2n1. The van der Waals surface area contributed by atoms with Gasteiger partial charge in [0.05, 0.1) is 21.6 Å². The summed E-state index contributed by atoms with van der Waals surface area (Å²) in [6, 6.07) is 10.9. The van der Waals surface area contributed by atoms with E-state index in [0.29, 0.717) is 32.4 Å². The summed E-state index contributed by atoms with van der Waals surface area (Å²) in [5, 5.41) is 2.31. The molecule has 7 heteroatoms. The predicted octanol–water partition coefficient (Wildman–Crippen LogP) is 3.70. The van der Waals surface area contributed by atoms with Gasteiger partial charge in [-0.25, -0.2) is 15.0 Å². The van der Waals surface area contributed by atoms with Crippen LogP contribution >= 0.6 is 23.4 Å². The molecule has 4 rings (SSSR count). The lowest BCUT2D eigenvalue weighted by molar-refractivity contribution is 0.984. The number of hydrogen-bond donors (Lipinski definition) is 0. The lowest BCUT2D eigenvalue weighted by Crippen LogP contribution is -2.21.